The molecule has 0 unspecified atom stereocenters. The summed E-state index contributed by atoms with van der Waals surface area (Å²) in [7, 11) is 0. The molecule has 0 saturated heterocycles. The van der Waals surface area contributed by atoms with Gasteiger partial charge in [0.05, 0.1) is 6.61 Å². The zero-order valence-electron chi connectivity index (χ0n) is 20.2. The molecule has 0 spiro atoms. The molecule has 2 amide bonds. The molecule has 2 N–H and O–H groups in total. The van der Waals surface area contributed by atoms with Crippen molar-refractivity contribution in [3.8, 4) is 17.6 Å². The Hall–Kier alpha value is -4.28. The summed E-state index contributed by atoms with van der Waals surface area (Å²) in [6.07, 6.45) is 1.44. The van der Waals surface area contributed by atoms with Crippen molar-refractivity contribution in [2.45, 2.75) is 20.8 Å². The molecular weight excluding hydrogens is 478 g/mol. The molecule has 184 valence electrons. The van der Waals surface area contributed by atoms with Crippen LogP contribution < -0.4 is 20.1 Å². The Bertz CT molecular complexity index is 1340. The van der Waals surface area contributed by atoms with Gasteiger partial charge in [-0.1, -0.05) is 29.8 Å². The molecule has 3 aromatic carbocycles. The summed E-state index contributed by atoms with van der Waals surface area (Å²) in [5, 5.41) is 15.4. The molecule has 0 bridgehead atoms. The van der Waals surface area contributed by atoms with Crippen LogP contribution in [0, 0.1) is 25.2 Å². The van der Waals surface area contributed by atoms with Crippen LogP contribution in [0.15, 0.2) is 66.2 Å². The minimum absolute atomic E-state index is 0.0983. The van der Waals surface area contributed by atoms with Crippen LogP contribution >= 0.6 is 11.6 Å². The molecule has 0 aliphatic carbocycles. The lowest BCUT2D eigenvalue weighted by molar-refractivity contribution is -0.118. The van der Waals surface area contributed by atoms with Crippen LogP contribution in [0.4, 0.5) is 11.4 Å². The SMILES string of the molecule is CCOc1cc(/C=C(/C#N)C(=O)Nc2cccc(Cl)c2)ccc1OCC(=O)Nc1ccc(C)c(C)c1. The highest BCUT2D eigenvalue weighted by Crippen LogP contribution is 2.29. The van der Waals surface area contributed by atoms with Crippen molar-refractivity contribution < 1.29 is 19.1 Å². The standard InChI is InChI=1S/C28H26ClN3O4/c1-4-35-26-14-20(13-21(16-30)28(34)32-23-7-5-6-22(29)15-23)9-11-25(26)36-17-27(33)31-24-10-8-18(2)19(3)12-24/h5-15H,4,17H2,1-3H3,(H,31,33)(H,32,34)/b21-13-. The van der Waals surface area contributed by atoms with Gasteiger partial charge in [-0.15, -0.1) is 0 Å². The first-order chi connectivity index (χ1) is 17.3. The smallest absolute Gasteiger partial charge is 0.266 e. The number of nitrogens with one attached hydrogen (secondary N) is 2. The van der Waals surface area contributed by atoms with Gasteiger partial charge < -0.3 is 20.1 Å². The van der Waals surface area contributed by atoms with Crippen molar-refractivity contribution in [3.63, 3.8) is 0 Å². The number of ether oxygens (including phenoxy) is 2. The molecule has 36 heavy (non-hydrogen) atoms. The van der Waals surface area contributed by atoms with Crippen LogP contribution in [-0.2, 0) is 9.59 Å². The van der Waals surface area contributed by atoms with Crippen molar-refractivity contribution in [3.05, 3.63) is 87.9 Å². The molecule has 3 rings (SSSR count). The summed E-state index contributed by atoms with van der Waals surface area (Å²) in [6, 6.07) is 19.2. The number of amides is 2. The first kappa shape index (κ1) is 26.3. The van der Waals surface area contributed by atoms with Gasteiger partial charge in [-0.25, -0.2) is 0 Å². The maximum Gasteiger partial charge on any atom is 0.266 e. The van der Waals surface area contributed by atoms with E-state index in [1.165, 1.54) is 6.08 Å². The first-order valence-corrected chi connectivity index (χ1v) is 11.6. The lowest BCUT2D eigenvalue weighted by atomic mass is 10.1. The van der Waals surface area contributed by atoms with Gasteiger partial charge in [-0.05, 0) is 86.0 Å². The number of carbonyl (C=O) groups excluding carboxylic acids is 2. The predicted octanol–water partition coefficient (Wildman–Crippen LogP) is 5.92. The molecule has 0 aliphatic rings. The second-order valence-electron chi connectivity index (χ2n) is 7.91. The average molecular weight is 504 g/mol. The Morgan fingerprint density at radius 1 is 0.944 bits per heavy atom. The van der Waals surface area contributed by atoms with E-state index >= 15 is 0 Å². The molecule has 0 heterocycles. The summed E-state index contributed by atoms with van der Waals surface area (Å²) in [5.74, 6) is -0.126. The number of aryl methyl sites for hydroxylation is 2. The third-order valence-corrected chi connectivity index (χ3v) is 5.41. The Morgan fingerprint density at radius 3 is 2.42 bits per heavy atom. The highest BCUT2D eigenvalue weighted by molar-refractivity contribution is 6.31. The number of halogens is 1. The first-order valence-electron chi connectivity index (χ1n) is 11.2. The number of nitrogens with zero attached hydrogens (tertiary/aromatic N) is 1. The zero-order chi connectivity index (χ0) is 26.1. The fourth-order valence-corrected chi connectivity index (χ4v) is 3.43. The van der Waals surface area contributed by atoms with E-state index in [1.54, 1.807) is 42.5 Å². The van der Waals surface area contributed by atoms with E-state index in [0.717, 1.165) is 11.1 Å². The number of nitriles is 1. The Labute approximate surface area is 215 Å². The zero-order valence-corrected chi connectivity index (χ0v) is 21.0. The molecule has 8 heteroatoms. The minimum atomic E-state index is -0.568. The van der Waals surface area contributed by atoms with E-state index in [1.807, 2.05) is 45.0 Å². The maximum absolute atomic E-state index is 12.6. The molecule has 0 atom stereocenters. The monoisotopic (exact) mass is 503 g/mol. The van der Waals surface area contributed by atoms with E-state index in [2.05, 4.69) is 10.6 Å². The van der Waals surface area contributed by atoms with Crippen LogP contribution in [0.5, 0.6) is 11.5 Å². The molecule has 0 radical (unpaired) electrons. The summed E-state index contributed by atoms with van der Waals surface area (Å²) in [5.41, 5.74) is 3.85. The number of benzene rings is 3. The quantitative estimate of drug-likeness (QED) is 0.279. The van der Waals surface area contributed by atoms with Crippen molar-refractivity contribution >= 4 is 40.9 Å². The lowest BCUT2D eigenvalue weighted by Gasteiger charge is -2.13. The Kier molecular flexibility index (Phi) is 9.09. The summed E-state index contributed by atoms with van der Waals surface area (Å²) in [4.78, 5) is 24.9. The number of hydrogen-bond donors (Lipinski definition) is 2. The summed E-state index contributed by atoms with van der Waals surface area (Å²) in [6.45, 7) is 5.94. The van der Waals surface area contributed by atoms with Gasteiger partial charge >= 0.3 is 0 Å². The van der Waals surface area contributed by atoms with Crippen LogP contribution in [0.25, 0.3) is 6.08 Å². The molecular formula is C28H26ClN3O4. The third kappa shape index (κ3) is 7.36. The fourth-order valence-electron chi connectivity index (χ4n) is 3.24. The van der Waals surface area contributed by atoms with Crippen molar-refractivity contribution in [2.75, 3.05) is 23.8 Å². The summed E-state index contributed by atoms with van der Waals surface area (Å²) < 4.78 is 11.3. The molecule has 0 saturated carbocycles. The van der Waals surface area contributed by atoms with Gasteiger partial charge in [0.1, 0.15) is 11.6 Å². The van der Waals surface area contributed by atoms with Crippen LogP contribution in [0.1, 0.15) is 23.6 Å². The fraction of sp³-hybridized carbons (Fsp3) is 0.179. The molecule has 0 fully saturated rings. The minimum Gasteiger partial charge on any atom is -0.490 e. The van der Waals surface area contributed by atoms with E-state index in [0.29, 0.717) is 40.1 Å². The van der Waals surface area contributed by atoms with E-state index in [-0.39, 0.29) is 18.1 Å². The van der Waals surface area contributed by atoms with Crippen LogP contribution in [0.3, 0.4) is 0 Å². The third-order valence-electron chi connectivity index (χ3n) is 5.18. The average Bonchev–Trinajstić information content (AvgIpc) is 2.84. The largest absolute Gasteiger partial charge is 0.490 e. The number of hydrogen-bond acceptors (Lipinski definition) is 5. The second-order valence-corrected chi connectivity index (χ2v) is 8.35. The predicted molar refractivity (Wildman–Crippen MR) is 141 cm³/mol. The molecule has 0 aromatic heterocycles. The summed E-state index contributed by atoms with van der Waals surface area (Å²) >= 11 is 5.95. The van der Waals surface area contributed by atoms with E-state index in [9.17, 15) is 14.9 Å². The molecule has 7 nitrogen and oxygen atoms in total. The highest BCUT2D eigenvalue weighted by atomic mass is 35.5. The van der Waals surface area contributed by atoms with Crippen molar-refractivity contribution in [2.24, 2.45) is 0 Å². The molecule has 0 aliphatic heterocycles. The van der Waals surface area contributed by atoms with Crippen LogP contribution in [-0.4, -0.2) is 25.0 Å². The van der Waals surface area contributed by atoms with Crippen LogP contribution in [0.2, 0.25) is 5.02 Å². The van der Waals surface area contributed by atoms with E-state index in [4.69, 9.17) is 21.1 Å². The van der Waals surface area contributed by atoms with Gasteiger partial charge in [-0.3, -0.25) is 9.59 Å². The van der Waals surface area contributed by atoms with Gasteiger partial charge in [0, 0.05) is 16.4 Å². The number of carbonyl (C=O) groups is 2. The molecule has 3 aromatic rings. The van der Waals surface area contributed by atoms with Crippen molar-refractivity contribution in [1.29, 1.82) is 5.26 Å². The van der Waals surface area contributed by atoms with Crippen molar-refractivity contribution in [1.82, 2.24) is 0 Å². The van der Waals surface area contributed by atoms with E-state index < -0.39 is 5.91 Å². The van der Waals surface area contributed by atoms with Gasteiger partial charge in [0.2, 0.25) is 0 Å². The second kappa shape index (κ2) is 12.4. The van der Waals surface area contributed by atoms with Gasteiger partial charge in [0.25, 0.3) is 11.8 Å². The lowest BCUT2D eigenvalue weighted by Crippen LogP contribution is -2.20. The number of rotatable bonds is 9. The Morgan fingerprint density at radius 2 is 1.72 bits per heavy atom. The topological polar surface area (TPSA) is 100 Å². The van der Waals surface area contributed by atoms with Gasteiger partial charge in [-0.2, -0.15) is 5.26 Å². The normalized spacial score (nSPS) is 10.8. The highest BCUT2D eigenvalue weighted by Gasteiger charge is 2.13. The van der Waals surface area contributed by atoms with Gasteiger partial charge in [0.15, 0.2) is 18.1 Å². The maximum atomic E-state index is 12.6. The number of anilines is 2. The Balaban J connectivity index is 1.70.